The summed E-state index contributed by atoms with van der Waals surface area (Å²) in [6, 6.07) is 13.8. The molecule has 3 aromatic carbocycles. The highest BCUT2D eigenvalue weighted by molar-refractivity contribution is 7.85. The summed E-state index contributed by atoms with van der Waals surface area (Å²) in [6.45, 7) is 0.00579. The Kier molecular flexibility index (Phi) is 4.17. The number of nitrogens with zero attached hydrogens (tertiary/aromatic N) is 1. The highest BCUT2D eigenvalue weighted by atomic mass is 32.2. The molecule has 0 spiro atoms. The van der Waals surface area contributed by atoms with Crippen molar-refractivity contribution in [2.75, 3.05) is 7.11 Å². The molecule has 0 bridgehead atoms. The average molecular weight is 396 g/mol. The third-order valence-electron chi connectivity index (χ3n) is 4.69. The number of benzene rings is 3. The SMILES string of the molecule is COc1ccc(CN2C(=O)c3cccc4cc(S(=O)(=O)[O-])cc(c34)C2=O)cc1. The van der Waals surface area contributed by atoms with Crippen molar-refractivity contribution in [3.8, 4) is 5.75 Å². The summed E-state index contributed by atoms with van der Waals surface area (Å²) in [6.07, 6.45) is 0. The van der Waals surface area contributed by atoms with Crippen molar-refractivity contribution >= 4 is 32.7 Å². The van der Waals surface area contributed by atoms with Gasteiger partial charge in [0.15, 0.2) is 0 Å². The van der Waals surface area contributed by atoms with Crippen LogP contribution >= 0.6 is 0 Å². The van der Waals surface area contributed by atoms with Gasteiger partial charge in [0, 0.05) is 16.5 Å². The van der Waals surface area contributed by atoms with Gasteiger partial charge < -0.3 is 9.29 Å². The minimum absolute atomic E-state index is 0.00579. The van der Waals surface area contributed by atoms with Gasteiger partial charge in [0.2, 0.25) is 0 Å². The second-order valence-electron chi connectivity index (χ2n) is 6.37. The third-order valence-corrected chi connectivity index (χ3v) is 5.50. The van der Waals surface area contributed by atoms with Gasteiger partial charge in [0.05, 0.1) is 18.6 Å². The van der Waals surface area contributed by atoms with Crippen LogP contribution in [-0.2, 0) is 16.7 Å². The number of carbonyl (C=O) groups is 2. The van der Waals surface area contributed by atoms with E-state index in [1.54, 1.807) is 42.5 Å². The van der Waals surface area contributed by atoms with Gasteiger partial charge in [-0.3, -0.25) is 14.5 Å². The normalized spacial score (nSPS) is 13.9. The number of carbonyl (C=O) groups excluding carboxylic acids is 2. The number of amides is 2. The van der Waals surface area contributed by atoms with Crippen molar-refractivity contribution in [1.29, 1.82) is 0 Å². The summed E-state index contributed by atoms with van der Waals surface area (Å²) in [5, 5.41) is 0.714. The molecule has 8 heteroatoms. The fraction of sp³-hybridized carbons (Fsp3) is 0.100. The molecule has 28 heavy (non-hydrogen) atoms. The van der Waals surface area contributed by atoms with Crippen LogP contribution in [0.1, 0.15) is 26.3 Å². The first-order valence-electron chi connectivity index (χ1n) is 8.31. The van der Waals surface area contributed by atoms with Gasteiger partial charge in [-0.15, -0.1) is 0 Å². The van der Waals surface area contributed by atoms with Gasteiger partial charge in [-0.05, 0) is 41.3 Å². The Morgan fingerprint density at radius 1 is 0.964 bits per heavy atom. The van der Waals surface area contributed by atoms with E-state index in [4.69, 9.17) is 4.74 Å². The van der Waals surface area contributed by atoms with Crippen molar-refractivity contribution < 1.29 is 27.3 Å². The molecular formula is C20H14NO6S-. The van der Waals surface area contributed by atoms with Gasteiger partial charge in [0.25, 0.3) is 11.8 Å². The molecule has 4 rings (SSSR count). The van der Waals surface area contributed by atoms with Crippen molar-refractivity contribution in [1.82, 2.24) is 4.90 Å². The molecule has 0 saturated carbocycles. The molecule has 0 N–H and O–H groups in total. The van der Waals surface area contributed by atoms with E-state index in [-0.39, 0.29) is 17.7 Å². The fourth-order valence-corrected chi connectivity index (χ4v) is 3.87. The van der Waals surface area contributed by atoms with Crippen molar-refractivity contribution in [3.05, 3.63) is 71.3 Å². The molecule has 3 aromatic rings. The van der Waals surface area contributed by atoms with Crippen LogP contribution in [0, 0.1) is 0 Å². The van der Waals surface area contributed by atoms with Crippen molar-refractivity contribution in [3.63, 3.8) is 0 Å². The van der Waals surface area contributed by atoms with E-state index >= 15 is 0 Å². The highest BCUT2D eigenvalue weighted by Crippen LogP contribution is 2.33. The molecule has 1 heterocycles. The van der Waals surface area contributed by atoms with E-state index in [9.17, 15) is 22.6 Å². The minimum Gasteiger partial charge on any atom is -0.744 e. The molecule has 0 saturated heterocycles. The van der Waals surface area contributed by atoms with Gasteiger partial charge >= 0.3 is 0 Å². The summed E-state index contributed by atoms with van der Waals surface area (Å²) < 4.78 is 39.6. The summed E-state index contributed by atoms with van der Waals surface area (Å²) in [5.74, 6) is -0.480. The second kappa shape index (κ2) is 6.43. The number of ether oxygens (including phenoxy) is 1. The molecule has 0 atom stereocenters. The Morgan fingerprint density at radius 2 is 1.64 bits per heavy atom. The summed E-state index contributed by atoms with van der Waals surface area (Å²) >= 11 is 0. The molecule has 0 aliphatic carbocycles. The largest absolute Gasteiger partial charge is 0.744 e. The smallest absolute Gasteiger partial charge is 0.261 e. The van der Waals surface area contributed by atoms with Gasteiger partial charge in [-0.1, -0.05) is 24.3 Å². The molecule has 7 nitrogen and oxygen atoms in total. The van der Waals surface area contributed by atoms with E-state index in [1.165, 1.54) is 13.2 Å². The van der Waals surface area contributed by atoms with Crippen LogP contribution in [-0.4, -0.2) is 36.8 Å². The Morgan fingerprint density at radius 3 is 2.29 bits per heavy atom. The maximum atomic E-state index is 13.0. The lowest BCUT2D eigenvalue weighted by Crippen LogP contribution is -2.39. The molecular weight excluding hydrogens is 382 g/mol. The number of hydrogen-bond acceptors (Lipinski definition) is 6. The lowest BCUT2D eigenvalue weighted by molar-refractivity contribution is 0.0598. The highest BCUT2D eigenvalue weighted by Gasteiger charge is 2.33. The number of hydrogen-bond donors (Lipinski definition) is 0. The summed E-state index contributed by atoms with van der Waals surface area (Å²) in [7, 11) is -3.22. The van der Waals surface area contributed by atoms with Crippen LogP contribution < -0.4 is 4.74 Å². The minimum atomic E-state index is -4.76. The topological polar surface area (TPSA) is 104 Å². The van der Waals surface area contributed by atoms with E-state index < -0.39 is 26.8 Å². The molecule has 0 aromatic heterocycles. The first-order valence-corrected chi connectivity index (χ1v) is 9.72. The van der Waals surface area contributed by atoms with Crippen LogP contribution in [0.5, 0.6) is 5.75 Å². The predicted molar refractivity (Wildman–Crippen MR) is 99.1 cm³/mol. The average Bonchev–Trinajstić information content (AvgIpc) is 2.68. The summed E-state index contributed by atoms with van der Waals surface area (Å²) in [5.41, 5.74) is 1.01. The van der Waals surface area contributed by atoms with Crippen LogP contribution in [0.2, 0.25) is 0 Å². The van der Waals surface area contributed by atoms with Crippen LogP contribution in [0.15, 0.2) is 59.5 Å². The Labute approximate surface area is 160 Å². The number of rotatable bonds is 4. The molecule has 1 aliphatic heterocycles. The fourth-order valence-electron chi connectivity index (χ4n) is 3.33. The van der Waals surface area contributed by atoms with E-state index in [0.717, 1.165) is 11.0 Å². The van der Waals surface area contributed by atoms with E-state index in [1.807, 2.05) is 0 Å². The standard InChI is InChI=1S/C20H15NO6S/c1-27-14-7-5-12(6-8-14)11-21-19(22)16-4-2-3-13-9-15(28(24,25)26)10-17(18(13)16)20(21)23/h2-10H,11H2,1H3,(H,24,25,26)/p-1. The Hall–Kier alpha value is -3.23. The predicted octanol–water partition coefficient (Wildman–Crippen LogP) is 2.55. The molecule has 142 valence electrons. The maximum Gasteiger partial charge on any atom is 0.261 e. The quantitative estimate of drug-likeness (QED) is 0.496. The van der Waals surface area contributed by atoms with Crippen LogP contribution in [0.3, 0.4) is 0 Å². The van der Waals surface area contributed by atoms with Gasteiger partial charge in [0.1, 0.15) is 15.9 Å². The molecule has 2 amide bonds. The zero-order chi connectivity index (χ0) is 20.1. The number of imide groups is 1. The lowest BCUT2D eigenvalue weighted by atomic mass is 9.94. The lowest BCUT2D eigenvalue weighted by Gasteiger charge is -2.28. The Balaban J connectivity index is 1.84. The first-order chi connectivity index (χ1) is 13.3. The second-order valence-corrected chi connectivity index (χ2v) is 7.75. The zero-order valence-corrected chi connectivity index (χ0v) is 15.5. The Bertz CT molecular complexity index is 1230. The van der Waals surface area contributed by atoms with Crippen molar-refractivity contribution in [2.24, 2.45) is 0 Å². The maximum absolute atomic E-state index is 13.0. The van der Waals surface area contributed by atoms with Crippen molar-refractivity contribution in [2.45, 2.75) is 11.4 Å². The molecule has 0 radical (unpaired) electrons. The first kappa shape index (κ1) is 18.1. The molecule has 0 fully saturated rings. The molecule has 1 aliphatic rings. The van der Waals surface area contributed by atoms with E-state index in [0.29, 0.717) is 22.1 Å². The third kappa shape index (κ3) is 2.92. The van der Waals surface area contributed by atoms with Gasteiger partial charge in [-0.2, -0.15) is 0 Å². The van der Waals surface area contributed by atoms with Crippen LogP contribution in [0.4, 0.5) is 0 Å². The zero-order valence-electron chi connectivity index (χ0n) is 14.7. The molecule has 0 unspecified atom stereocenters. The monoisotopic (exact) mass is 396 g/mol. The van der Waals surface area contributed by atoms with Gasteiger partial charge in [-0.25, -0.2) is 8.42 Å². The van der Waals surface area contributed by atoms with E-state index in [2.05, 4.69) is 0 Å². The summed E-state index contributed by atoms with van der Waals surface area (Å²) in [4.78, 5) is 26.5. The number of methoxy groups -OCH3 is 1. The van der Waals surface area contributed by atoms with Crippen LogP contribution in [0.25, 0.3) is 10.8 Å².